The summed E-state index contributed by atoms with van der Waals surface area (Å²) in [6.45, 7) is 13.3. The van der Waals surface area contributed by atoms with Crippen molar-refractivity contribution >= 4 is 5.96 Å². The first-order chi connectivity index (χ1) is 9.97. The van der Waals surface area contributed by atoms with Crippen LogP contribution in [0, 0.1) is 0 Å². The fourth-order valence-electron chi connectivity index (χ4n) is 1.50. The van der Waals surface area contributed by atoms with E-state index in [9.17, 15) is 0 Å². The zero-order valence-electron chi connectivity index (χ0n) is 13.7. The molecule has 0 bridgehead atoms. The first-order valence-electron chi connectivity index (χ1n) is 7.40. The molecule has 2 N–H and O–H groups in total. The molecule has 0 amide bonds. The van der Waals surface area contributed by atoms with E-state index in [0.29, 0.717) is 38.0 Å². The van der Waals surface area contributed by atoms with E-state index in [1.54, 1.807) is 0 Å². The molecule has 0 aliphatic carbocycles. The van der Waals surface area contributed by atoms with Crippen molar-refractivity contribution in [1.82, 2.24) is 20.8 Å². The summed E-state index contributed by atoms with van der Waals surface area (Å²) in [4.78, 5) is 8.79. The highest BCUT2D eigenvalue weighted by molar-refractivity contribution is 5.79. The highest BCUT2D eigenvalue weighted by atomic mass is 16.5. The van der Waals surface area contributed by atoms with Crippen LogP contribution in [0.1, 0.15) is 46.3 Å². The van der Waals surface area contributed by atoms with E-state index in [4.69, 9.17) is 9.26 Å². The summed E-state index contributed by atoms with van der Waals surface area (Å²) in [5.41, 5.74) is -0.144. The molecule has 0 spiro atoms. The van der Waals surface area contributed by atoms with Crippen molar-refractivity contribution in [1.29, 1.82) is 0 Å². The minimum absolute atomic E-state index is 0.144. The van der Waals surface area contributed by atoms with Gasteiger partial charge in [-0.3, -0.25) is 0 Å². The van der Waals surface area contributed by atoms with E-state index in [1.807, 2.05) is 34.6 Å². The van der Waals surface area contributed by atoms with Crippen LogP contribution in [0.25, 0.3) is 0 Å². The number of rotatable bonds is 7. The maximum absolute atomic E-state index is 5.28. The van der Waals surface area contributed by atoms with E-state index in [0.717, 1.165) is 12.5 Å². The van der Waals surface area contributed by atoms with Crippen molar-refractivity contribution in [3.05, 3.63) is 11.7 Å². The van der Waals surface area contributed by atoms with Gasteiger partial charge in [-0.05, 0) is 13.8 Å². The topological polar surface area (TPSA) is 84.6 Å². The average molecular weight is 297 g/mol. The van der Waals surface area contributed by atoms with Crippen LogP contribution in [0.15, 0.2) is 9.52 Å². The largest absolute Gasteiger partial charge is 0.380 e. The van der Waals surface area contributed by atoms with Gasteiger partial charge in [0.1, 0.15) is 6.54 Å². The summed E-state index contributed by atoms with van der Waals surface area (Å²) in [5.74, 6) is 1.93. The monoisotopic (exact) mass is 297 g/mol. The fourth-order valence-corrected chi connectivity index (χ4v) is 1.50. The molecule has 0 saturated heterocycles. The molecule has 0 fully saturated rings. The molecule has 0 saturated carbocycles. The molecule has 7 nitrogen and oxygen atoms in total. The Labute approximate surface area is 126 Å². The van der Waals surface area contributed by atoms with E-state index in [2.05, 4.69) is 25.8 Å². The number of ether oxygens (including phenoxy) is 1. The predicted octanol–water partition coefficient (Wildman–Crippen LogP) is 1.46. The molecule has 0 radical (unpaired) electrons. The van der Waals surface area contributed by atoms with E-state index in [-0.39, 0.29) is 5.41 Å². The van der Waals surface area contributed by atoms with E-state index < -0.39 is 0 Å². The Hall–Kier alpha value is -1.63. The molecule has 0 unspecified atom stereocenters. The summed E-state index contributed by atoms with van der Waals surface area (Å²) >= 11 is 0. The van der Waals surface area contributed by atoms with Gasteiger partial charge in [0, 0.05) is 25.1 Å². The minimum atomic E-state index is -0.144. The summed E-state index contributed by atoms with van der Waals surface area (Å²) < 4.78 is 10.5. The Morgan fingerprint density at radius 2 is 2.05 bits per heavy atom. The zero-order chi connectivity index (χ0) is 15.7. The van der Waals surface area contributed by atoms with Crippen LogP contribution in [0.2, 0.25) is 0 Å². The van der Waals surface area contributed by atoms with Crippen molar-refractivity contribution in [2.24, 2.45) is 4.99 Å². The summed E-state index contributed by atoms with van der Waals surface area (Å²) in [6, 6.07) is 0. The molecule has 0 aliphatic rings. The summed E-state index contributed by atoms with van der Waals surface area (Å²) in [7, 11) is 0. The molecule has 7 heteroatoms. The van der Waals surface area contributed by atoms with Gasteiger partial charge in [-0.2, -0.15) is 4.98 Å². The minimum Gasteiger partial charge on any atom is -0.380 e. The lowest BCUT2D eigenvalue weighted by Crippen LogP contribution is -2.39. The van der Waals surface area contributed by atoms with Crippen molar-refractivity contribution in [2.45, 2.75) is 46.6 Å². The van der Waals surface area contributed by atoms with Crippen LogP contribution in [0.5, 0.6) is 0 Å². The maximum Gasteiger partial charge on any atom is 0.232 e. The Morgan fingerprint density at radius 3 is 2.62 bits per heavy atom. The Balaban J connectivity index is 2.54. The third-order valence-electron chi connectivity index (χ3n) is 2.58. The highest BCUT2D eigenvalue weighted by Gasteiger charge is 2.21. The molecule has 0 aromatic carbocycles. The molecular weight excluding hydrogens is 270 g/mol. The van der Waals surface area contributed by atoms with E-state index >= 15 is 0 Å². The van der Waals surface area contributed by atoms with Crippen LogP contribution >= 0.6 is 0 Å². The van der Waals surface area contributed by atoms with Crippen LogP contribution in [0.4, 0.5) is 0 Å². The second kappa shape index (κ2) is 8.61. The molecule has 1 rings (SSSR count). The highest BCUT2D eigenvalue weighted by Crippen LogP contribution is 2.19. The van der Waals surface area contributed by atoms with Crippen molar-refractivity contribution in [3.63, 3.8) is 0 Å². The fraction of sp³-hybridized carbons (Fsp3) is 0.786. The molecule has 0 aliphatic heterocycles. The quantitative estimate of drug-likeness (QED) is 0.450. The second-order valence-electron chi connectivity index (χ2n) is 5.58. The lowest BCUT2D eigenvalue weighted by atomic mass is 9.97. The Kier molecular flexibility index (Phi) is 7.14. The first-order valence-corrected chi connectivity index (χ1v) is 7.40. The number of nitrogens with one attached hydrogen (secondary N) is 2. The Morgan fingerprint density at radius 1 is 1.29 bits per heavy atom. The van der Waals surface area contributed by atoms with Gasteiger partial charge < -0.3 is 19.9 Å². The van der Waals surface area contributed by atoms with Crippen molar-refractivity contribution < 1.29 is 9.26 Å². The number of hydrogen-bond donors (Lipinski definition) is 2. The molecule has 21 heavy (non-hydrogen) atoms. The molecule has 1 aromatic heterocycles. The normalized spacial score (nSPS) is 12.5. The van der Waals surface area contributed by atoms with Crippen LogP contribution in [-0.2, 0) is 16.7 Å². The van der Waals surface area contributed by atoms with Crippen LogP contribution in [0.3, 0.4) is 0 Å². The van der Waals surface area contributed by atoms with Crippen molar-refractivity contribution in [3.8, 4) is 0 Å². The van der Waals surface area contributed by atoms with Crippen LogP contribution < -0.4 is 10.6 Å². The van der Waals surface area contributed by atoms with Crippen LogP contribution in [-0.4, -0.2) is 42.4 Å². The van der Waals surface area contributed by atoms with Gasteiger partial charge >= 0.3 is 0 Å². The average Bonchev–Trinajstić information content (AvgIpc) is 2.89. The number of hydrogen-bond acceptors (Lipinski definition) is 5. The van der Waals surface area contributed by atoms with Gasteiger partial charge in [0.05, 0.1) is 6.61 Å². The number of aromatic nitrogens is 2. The van der Waals surface area contributed by atoms with Gasteiger partial charge in [0.25, 0.3) is 0 Å². The van der Waals surface area contributed by atoms with Crippen molar-refractivity contribution in [2.75, 3.05) is 26.3 Å². The number of aliphatic imine (C=N–C) groups is 1. The number of guanidine groups is 1. The molecule has 0 atom stereocenters. The summed E-state index contributed by atoms with van der Waals surface area (Å²) in [6.07, 6.45) is 0. The zero-order valence-corrected chi connectivity index (χ0v) is 13.7. The molecule has 1 aromatic rings. The first kappa shape index (κ1) is 17.4. The maximum atomic E-state index is 5.28. The Bertz CT molecular complexity index is 437. The summed E-state index contributed by atoms with van der Waals surface area (Å²) in [5, 5.41) is 10.3. The standard InChI is InChI=1S/C14H27N5O2/c1-6-15-13(16-8-9-20-7-2)17-10-11-18-12(21-19-11)14(3,4)5/h6-10H2,1-5H3,(H2,15,16,17). The third kappa shape index (κ3) is 6.57. The molecule has 1 heterocycles. The smallest absolute Gasteiger partial charge is 0.232 e. The predicted molar refractivity (Wildman–Crippen MR) is 82.3 cm³/mol. The lowest BCUT2D eigenvalue weighted by Gasteiger charge is -2.11. The van der Waals surface area contributed by atoms with Gasteiger partial charge in [0.2, 0.25) is 5.89 Å². The molecular formula is C14H27N5O2. The third-order valence-corrected chi connectivity index (χ3v) is 2.58. The SMILES string of the molecule is CCNC(=NCc1noc(C(C)(C)C)n1)NCCOCC. The lowest BCUT2D eigenvalue weighted by molar-refractivity contribution is 0.152. The van der Waals surface area contributed by atoms with Gasteiger partial charge in [-0.25, -0.2) is 4.99 Å². The van der Waals surface area contributed by atoms with E-state index in [1.165, 1.54) is 0 Å². The number of nitrogens with zero attached hydrogens (tertiary/aromatic N) is 3. The van der Waals surface area contributed by atoms with Gasteiger partial charge in [-0.1, -0.05) is 25.9 Å². The van der Waals surface area contributed by atoms with Gasteiger partial charge in [-0.15, -0.1) is 0 Å². The van der Waals surface area contributed by atoms with Gasteiger partial charge in [0.15, 0.2) is 11.8 Å². The molecule has 120 valence electrons. The second-order valence-corrected chi connectivity index (χ2v) is 5.58.